The maximum Gasteiger partial charge on any atom is 0.255 e. The van der Waals surface area contributed by atoms with Gasteiger partial charge in [-0.05, 0) is 56.3 Å². The number of methoxy groups -OCH3 is 1. The fourth-order valence-corrected chi connectivity index (χ4v) is 3.04. The van der Waals surface area contributed by atoms with Gasteiger partial charge in [-0.15, -0.1) is 0 Å². The minimum Gasteiger partial charge on any atom is -0.495 e. The molecule has 3 rings (SSSR count). The van der Waals surface area contributed by atoms with Crippen molar-refractivity contribution in [1.29, 1.82) is 0 Å². The lowest BCUT2D eigenvalue weighted by Crippen LogP contribution is -2.16. The van der Waals surface area contributed by atoms with E-state index in [1.807, 2.05) is 19.9 Å². The van der Waals surface area contributed by atoms with E-state index in [0.717, 1.165) is 17.5 Å². The van der Waals surface area contributed by atoms with Gasteiger partial charge in [0.25, 0.3) is 5.91 Å². The number of aromatic nitrogens is 2. The van der Waals surface area contributed by atoms with Crippen LogP contribution in [-0.2, 0) is 11.3 Å². The summed E-state index contributed by atoms with van der Waals surface area (Å²) in [6, 6.07) is 12.2. The molecule has 0 spiro atoms. The molecule has 156 valence electrons. The molecular weight excluding hydrogens is 387 g/mol. The first-order valence-electron chi connectivity index (χ1n) is 9.41. The molecule has 0 aliphatic rings. The number of rotatable bonds is 7. The summed E-state index contributed by atoms with van der Waals surface area (Å²) >= 11 is 0. The molecule has 1 aromatic heterocycles. The first kappa shape index (κ1) is 21.0. The van der Waals surface area contributed by atoms with Crippen molar-refractivity contribution < 1.29 is 18.7 Å². The van der Waals surface area contributed by atoms with Gasteiger partial charge in [0.1, 0.15) is 11.6 Å². The molecule has 0 radical (unpaired) electrons. The molecule has 7 nitrogen and oxygen atoms in total. The average Bonchev–Trinajstić information content (AvgIpc) is 3.03. The van der Waals surface area contributed by atoms with Crippen LogP contribution in [0.3, 0.4) is 0 Å². The minimum atomic E-state index is -0.502. The van der Waals surface area contributed by atoms with Crippen LogP contribution < -0.4 is 15.4 Å². The number of benzene rings is 2. The molecule has 3 aromatic rings. The molecule has 0 fully saturated rings. The van der Waals surface area contributed by atoms with Crippen LogP contribution in [0.2, 0.25) is 0 Å². The molecule has 0 aliphatic heterocycles. The Balaban J connectivity index is 1.68. The van der Waals surface area contributed by atoms with Gasteiger partial charge in [0, 0.05) is 29.9 Å². The molecule has 2 aromatic carbocycles. The highest BCUT2D eigenvalue weighted by molar-refractivity contribution is 6.05. The zero-order valence-corrected chi connectivity index (χ0v) is 17.0. The smallest absolute Gasteiger partial charge is 0.255 e. The van der Waals surface area contributed by atoms with Crippen LogP contribution in [0.25, 0.3) is 0 Å². The summed E-state index contributed by atoms with van der Waals surface area (Å²) in [5, 5.41) is 9.84. The van der Waals surface area contributed by atoms with Crippen molar-refractivity contribution in [2.75, 3.05) is 17.7 Å². The summed E-state index contributed by atoms with van der Waals surface area (Å²) in [6.07, 6.45) is 0.249. The van der Waals surface area contributed by atoms with Gasteiger partial charge in [-0.2, -0.15) is 5.10 Å². The second kappa shape index (κ2) is 9.21. The van der Waals surface area contributed by atoms with E-state index >= 15 is 0 Å². The lowest BCUT2D eigenvalue weighted by Gasteiger charge is -2.13. The highest BCUT2D eigenvalue weighted by Gasteiger charge is 2.13. The first-order chi connectivity index (χ1) is 14.4. The second-order valence-corrected chi connectivity index (χ2v) is 6.83. The predicted molar refractivity (Wildman–Crippen MR) is 112 cm³/mol. The van der Waals surface area contributed by atoms with Crippen molar-refractivity contribution in [3.8, 4) is 5.75 Å². The molecule has 0 unspecified atom stereocenters. The first-order valence-corrected chi connectivity index (χ1v) is 9.41. The fraction of sp³-hybridized carbons (Fsp3) is 0.227. The van der Waals surface area contributed by atoms with Gasteiger partial charge in [0.05, 0.1) is 18.5 Å². The summed E-state index contributed by atoms with van der Waals surface area (Å²) in [4.78, 5) is 24.8. The topological polar surface area (TPSA) is 85.2 Å². The number of ether oxygens (including phenoxy) is 1. The van der Waals surface area contributed by atoms with Crippen LogP contribution in [0.1, 0.15) is 28.2 Å². The fourth-order valence-electron chi connectivity index (χ4n) is 3.04. The number of aryl methyl sites for hydroxylation is 3. The van der Waals surface area contributed by atoms with Gasteiger partial charge in [-0.25, -0.2) is 4.39 Å². The zero-order chi connectivity index (χ0) is 21.7. The summed E-state index contributed by atoms with van der Waals surface area (Å²) < 4.78 is 20.4. The van der Waals surface area contributed by atoms with Crippen molar-refractivity contribution in [3.05, 3.63) is 71.3 Å². The Bertz CT molecular complexity index is 1080. The summed E-state index contributed by atoms with van der Waals surface area (Å²) in [5.41, 5.74) is 2.94. The molecule has 0 saturated carbocycles. The number of anilines is 2. The Labute approximate surface area is 173 Å². The largest absolute Gasteiger partial charge is 0.495 e. The maximum atomic E-state index is 13.4. The van der Waals surface area contributed by atoms with Gasteiger partial charge in [0.15, 0.2) is 0 Å². The maximum absolute atomic E-state index is 13.4. The molecule has 0 atom stereocenters. The molecule has 2 N–H and O–H groups in total. The number of amides is 2. The Kier molecular flexibility index (Phi) is 6.46. The van der Waals surface area contributed by atoms with Crippen LogP contribution >= 0.6 is 0 Å². The Morgan fingerprint density at radius 1 is 1.10 bits per heavy atom. The molecule has 1 heterocycles. The number of halogens is 1. The highest BCUT2D eigenvalue weighted by atomic mass is 19.1. The monoisotopic (exact) mass is 410 g/mol. The van der Waals surface area contributed by atoms with Crippen LogP contribution in [0.15, 0.2) is 48.5 Å². The quantitative estimate of drug-likeness (QED) is 0.618. The third kappa shape index (κ3) is 5.22. The van der Waals surface area contributed by atoms with Gasteiger partial charge in [-0.1, -0.05) is 6.07 Å². The summed E-state index contributed by atoms with van der Waals surface area (Å²) in [5.74, 6) is -0.755. The van der Waals surface area contributed by atoms with Gasteiger partial charge in [-0.3, -0.25) is 14.3 Å². The van der Waals surface area contributed by atoms with Crippen LogP contribution in [0.4, 0.5) is 15.8 Å². The van der Waals surface area contributed by atoms with E-state index < -0.39 is 11.7 Å². The molecule has 0 saturated heterocycles. The molecule has 0 aliphatic carbocycles. The molecule has 8 heteroatoms. The number of nitrogens with zero attached hydrogens (tertiary/aromatic N) is 2. The number of hydrogen-bond donors (Lipinski definition) is 2. The standard InChI is InChI=1S/C22H23FN4O3/c1-14-11-15(2)27(26-14)10-9-21(28)24-18-7-8-20(30-3)19(13-18)25-22(29)16-5-4-6-17(23)12-16/h4-8,11-13H,9-10H2,1-3H3,(H,24,28)(H,25,29). The second-order valence-electron chi connectivity index (χ2n) is 6.83. The van der Waals surface area contributed by atoms with Crippen molar-refractivity contribution in [3.63, 3.8) is 0 Å². The Morgan fingerprint density at radius 3 is 2.57 bits per heavy atom. The third-order valence-electron chi connectivity index (χ3n) is 4.47. The molecule has 2 amide bonds. The summed E-state index contributed by atoms with van der Waals surface area (Å²) in [7, 11) is 1.47. The minimum absolute atomic E-state index is 0.177. The van der Waals surface area contributed by atoms with Gasteiger partial charge < -0.3 is 15.4 Å². The third-order valence-corrected chi connectivity index (χ3v) is 4.47. The lowest BCUT2D eigenvalue weighted by atomic mass is 10.2. The average molecular weight is 410 g/mol. The van der Waals surface area contributed by atoms with E-state index in [9.17, 15) is 14.0 Å². The molecule has 0 bridgehead atoms. The van der Waals surface area contributed by atoms with Crippen molar-refractivity contribution >= 4 is 23.2 Å². The van der Waals surface area contributed by atoms with Gasteiger partial charge in [0.2, 0.25) is 5.91 Å². The van der Waals surface area contributed by atoms with Gasteiger partial charge >= 0.3 is 0 Å². The van der Waals surface area contributed by atoms with Crippen molar-refractivity contribution in [2.24, 2.45) is 0 Å². The van der Waals surface area contributed by atoms with E-state index in [1.54, 1.807) is 22.9 Å². The SMILES string of the molecule is COc1ccc(NC(=O)CCn2nc(C)cc2C)cc1NC(=O)c1cccc(F)c1. The van der Waals surface area contributed by atoms with E-state index in [1.165, 1.54) is 25.3 Å². The van der Waals surface area contributed by atoms with E-state index in [0.29, 0.717) is 23.7 Å². The van der Waals surface area contributed by atoms with Crippen LogP contribution in [0.5, 0.6) is 5.75 Å². The summed E-state index contributed by atoms with van der Waals surface area (Å²) in [6.45, 7) is 4.31. The number of carbonyl (C=O) groups excluding carboxylic acids is 2. The van der Waals surface area contributed by atoms with E-state index in [2.05, 4.69) is 15.7 Å². The van der Waals surface area contributed by atoms with E-state index in [4.69, 9.17) is 4.74 Å². The zero-order valence-electron chi connectivity index (χ0n) is 17.0. The van der Waals surface area contributed by atoms with Crippen LogP contribution in [0, 0.1) is 19.7 Å². The number of carbonyl (C=O) groups is 2. The predicted octanol–water partition coefficient (Wildman–Crippen LogP) is 3.93. The molecular formula is C22H23FN4O3. The normalized spacial score (nSPS) is 10.5. The molecule has 30 heavy (non-hydrogen) atoms. The highest BCUT2D eigenvalue weighted by Crippen LogP contribution is 2.28. The Hall–Kier alpha value is -3.68. The number of hydrogen-bond acceptors (Lipinski definition) is 4. The van der Waals surface area contributed by atoms with Crippen molar-refractivity contribution in [2.45, 2.75) is 26.8 Å². The van der Waals surface area contributed by atoms with E-state index in [-0.39, 0.29) is 17.9 Å². The van der Waals surface area contributed by atoms with Crippen LogP contribution in [-0.4, -0.2) is 28.7 Å². The Morgan fingerprint density at radius 2 is 1.90 bits per heavy atom. The number of nitrogens with one attached hydrogen (secondary N) is 2. The lowest BCUT2D eigenvalue weighted by molar-refractivity contribution is -0.116. The van der Waals surface area contributed by atoms with Crippen molar-refractivity contribution in [1.82, 2.24) is 9.78 Å².